The summed E-state index contributed by atoms with van der Waals surface area (Å²) in [6.07, 6.45) is 4.43. The van der Waals surface area contributed by atoms with E-state index in [0.29, 0.717) is 31.8 Å². The number of nitrogens with two attached hydrogens (primary N) is 2. The van der Waals surface area contributed by atoms with Crippen molar-refractivity contribution >= 4 is 17.9 Å². The first-order chi connectivity index (χ1) is 11.4. The minimum absolute atomic E-state index is 0.116. The molecule has 24 heavy (non-hydrogen) atoms. The molecule has 9 nitrogen and oxygen atoms in total. The SMILES string of the molecule is NC(=NCCC[C@@H](N)C(=O)O)NC1CCCC2N[C@H](C(=O)O)CC12. The Morgan fingerprint density at radius 2 is 2.08 bits per heavy atom. The molecule has 8 N–H and O–H groups in total. The van der Waals surface area contributed by atoms with Crippen molar-refractivity contribution in [3.63, 3.8) is 0 Å². The Morgan fingerprint density at radius 3 is 2.75 bits per heavy atom. The molecule has 5 atom stereocenters. The van der Waals surface area contributed by atoms with Crippen molar-refractivity contribution in [1.29, 1.82) is 0 Å². The van der Waals surface area contributed by atoms with E-state index in [1.807, 2.05) is 0 Å². The van der Waals surface area contributed by atoms with Gasteiger partial charge in [-0.25, -0.2) is 0 Å². The zero-order chi connectivity index (χ0) is 17.7. The third kappa shape index (κ3) is 4.81. The summed E-state index contributed by atoms with van der Waals surface area (Å²) >= 11 is 0. The van der Waals surface area contributed by atoms with Crippen molar-refractivity contribution in [1.82, 2.24) is 10.6 Å². The highest BCUT2D eigenvalue weighted by Gasteiger charge is 2.43. The Morgan fingerprint density at radius 1 is 1.33 bits per heavy atom. The molecule has 1 aliphatic carbocycles. The lowest BCUT2D eigenvalue weighted by atomic mass is 9.80. The van der Waals surface area contributed by atoms with Gasteiger partial charge in [-0.3, -0.25) is 14.6 Å². The number of carboxylic acid groups (broad SMARTS) is 2. The number of guanidine groups is 1. The second-order valence-electron chi connectivity index (χ2n) is 6.60. The minimum Gasteiger partial charge on any atom is -0.480 e. The molecule has 0 spiro atoms. The molecule has 136 valence electrons. The average molecular weight is 341 g/mol. The van der Waals surface area contributed by atoms with Gasteiger partial charge in [0.05, 0.1) is 0 Å². The Kier molecular flexibility index (Phi) is 6.38. The Hall–Kier alpha value is -1.87. The Bertz CT molecular complexity index is 498. The van der Waals surface area contributed by atoms with E-state index >= 15 is 0 Å². The molecule has 1 aliphatic heterocycles. The van der Waals surface area contributed by atoms with Crippen LogP contribution in [0.4, 0.5) is 0 Å². The van der Waals surface area contributed by atoms with Crippen LogP contribution < -0.4 is 22.1 Å². The summed E-state index contributed by atoms with van der Waals surface area (Å²) in [4.78, 5) is 26.0. The summed E-state index contributed by atoms with van der Waals surface area (Å²) in [6, 6.07) is -1.03. The van der Waals surface area contributed by atoms with Gasteiger partial charge >= 0.3 is 11.9 Å². The largest absolute Gasteiger partial charge is 0.480 e. The van der Waals surface area contributed by atoms with E-state index < -0.39 is 24.0 Å². The summed E-state index contributed by atoms with van der Waals surface area (Å²) < 4.78 is 0. The molecule has 9 heteroatoms. The number of carbonyl (C=O) groups is 2. The fourth-order valence-corrected chi connectivity index (χ4v) is 3.62. The van der Waals surface area contributed by atoms with E-state index in [-0.39, 0.29) is 18.0 Å². The number of aliphatic carboxylic acids is 2. The van der Waals surface area contributed by atoms with Gasteiger partial charge in [-0.15, -0.1) is 0 Å². The highest BCUT2D eigenvalue weighted by Crippen LogP contribution is 2.33. The molecule has 0 radical (unpaired) electrons. The van der Waals surface area contributed by atoms with Gasteiger partial charge in [-0.2, -0.15) is 0 Å². The molecular weight excluding hydrogens is 314 g/mol. The van der Waals surface area contributed by atoms with Crippen LogP contribution in [0.25, 0.3) is 0 Å². The molecule has 1 saturated heterocycles. The quantitative estimate of drug-likeness (QED) is 0.196. The molecule has 1 heterocycles. The van der Waals surface area contributed by atoms with Gasteiger partial charge in [0, 0.05) is 18.6 Å². The predicted octanol–water partition coefficient (Wildman–Crippen LogP) is -0.933. The topological polar surface area (TPSA) is 163 Å². The first-order valence-corrected chi connectivity index (χ1v) is 8.42. The van der Waals surface area contributed by atoms with Crippen LogP contribution in [-0.4, -0.2) is 58.8 Å². The maximum absolute atomic E-state index is 11.2. The zero-order valence-electron chi connectivity index (χ0n) is 13.6. The fourth-order valence-electron chi connectivity index (χ4n) is 3.62. The van der Waals surface area contributed by atoms with Crippen LogP contribution >= 0.6 is 0 Å². The smallest absolute Gasteiger partial charge is 0.320 e. The average Bonchev–Trinajstić information content (AvgIpc) is 2.96. The molecule has 1 saturated carbocycles. The van der Waals surface area contributed by atoms with Crippen molar-refractivity contribution in [2.24, 2.45) is 22.4 Å². The van der Waals surface area contributed by atoms with Crippen molar-refractivity contribution in [3.8, 4) is 0 Å². The summed E-state index contributed by atoms with van der Waals surface area (Å²) in [6.45, 7) is 0.413. The van der Waals surface area contributed by atoms with Crippen LogP contribution in [0.3, 0.4) is 0 Å². The zero-order valence-corrected chi connectivity index (χ0v) is 13.6. The van der Waals surface area contributed by atoms with Crippen molar-refractivity contribution < 1.29 is 19.8 Å². The van der Waals surface area contributed by atoms with Gasteiger partial charge in [0.25, 0.3) is 0 Å². The third-order valence-electron chi connectivity index (χ3n) is 4.89. The van der Waals surface area contributed by atoms with E-state index in [1.165, 1.54) is 0 Å². The van der Waals surface area contributed by atoms with Gasteiger partial charge in [0.1, 0.15) is 12.1 Å². The Labute approximate surface area is 140 Å². The highest BCUT2D eigenvalue weighted by atomic mass is 16.4. The first-order valence-electron chi connectivity index (χ1n) is 8.42. The van der Waals surface area contributed by atoms with E-state index in [0.717, 1.165) is 19.3 Å². The van der Waals surface area contributed by atoms with Crippen LogP contribution in [0.15, 0.2) is 4.99 Å². The molecule has 0 aromatic rings. The lowest BCUT2D eigenvalue weighted by Gasteiger charge is -2.34. The van der Waals surface area contributed by atoms with E-state index in [9.17, 15) is 14.7 Å². The van der Waals surface area contributed by atoms with Crippen LogP contribution in [0.2, 0.25) is 0 Å². The van der Waals surface area contributed by atoms with Crippen LogP contribution in [0.1, 0.15) is 38.5 Å². The van der Waals surface area contributed by atoms with E-state index in [1.54, 1.807) is 0 Å². The number of aliphatic imine (C=N–C) groups is 1. The summed E-state index contributed by atoms with van der Waals surface area (Å²) in [5, 5.41) is 24.3. The maximum Gasteiger partial charge on any atom is 0.320 e. The molecule has 2 fully saturated rings. The van der Waals surface area contributed by atoms with Crippen LogP contribution in [0, 0.1) is 5.92 Å². The fraction of sp³-hybridized carbons (Fsp3) is 0.800. The number of fused-ring (bicyclic) bond motifs is 1. The van der Waals surface area contributed by atoms with Gasteiger partial charge < -0.3 is 32.3 Å². The van der Waals surface area contributed by atoms with Gasteiger partial charge in [0.2, 0.25) is 0 Å². The van der Waals surface area contributed by atoms with Crippen molar-refractivity contribution in [2.75, 3.05) is 6.54 Å². The molecule has 0 aromatic carbocycles. The number of nitrogens with zero attached hydrogens (tertiary/aromatic N) is 1. The lowest BCUT2D eigenvalue weighted by molar-refractivity contribution is -0.139. The second-order valence-corrected chi connectivity index (χ2v) is 6.60. The summed E-state index contributed by atoms with van der Waals surface area (Å²) in [5.74, 6) is -1.27. The normalized spacial score (nSPS) is 31.3. The number of nitrogens with one attached hydrogen (secondary N) is 2. The molecule has 3 unspecified atom stereocenters. The van der Waals surface area contributed by atoms with Crippen molar-refractivity contribution in [2.45, 2.75) is 62.7 Å². The monoisotopic (exact) mass is 341 g/mol. The number of carboxylic acids is 2. The summed E-state index contributed by atoms with van der Waals surface area (Å²) in [7, 11) is 0. The molecule has 0 bridgehead atoms. The highest BCUT2D eigenvalue weighted by molar-refractivity contribution is 5.78. The third-order valence-corrected chi connectivity index (χ3v) is 4.89. The molecule has 0 aromatic heterocycles. The molecular formula is C15H27N5O4. The predicted molar refractivity (Wildman–Crippen MR) is 88.6 cm³/mol. The number of hydrogen-bond donors (Lipinski definition) is 6. The van der Waals surface area contributed by atoms with Gasteiger partial charge in [0.15, 0.2) is 5.96 Å². The molecule has 2 rings (SSSR count). The second kappa shape index (κ2) is 8.29. The summed E-state index contributed by atoms with van der Waals surface area (Å²) in [5.41, 5.74) is 11.3. The van der Waals surface area contributed by atoms with Gasteiger partial charge in [-0.05, 0) is 44.4 Å². The van der Waals surface area contributed by atoms with Crippen LogP contribution in [0.5, 0.6) is 0 Å². The van der Waals surface area contributed by atoms with E-state index in [2.05, 4.69) is 15.6 Å². The molecule has 2 aliphatic rings. The first kappa shape index (κ1) is 18.5. The number of hydrogen-bond acceptors (Lipinski definition) is 5. The molecule has 0 amide bonds. The maximum atomic E-state index is 11.2. The standard InChI is InChI=1S/C15H27N5O4/c16-9(13(21)22)3-2-6-18-15(17)20-11-5-1-4-10-8(11)7-12(19-10)14(23)24/h8-12,19H,1-7,16H2,(H,21,22)(H,23,24)(H3,17,18,20)/t8?,9-,10?,11?,12+/m1/s1. The van der Waals surface area contributed by atoms with E-state index in [4.69, 9.17) is 16.6 Å². The van der Waals surface area contributed by atoms with Crippen LogP contribution in [-0.2, 0) is 9.59 Å². The minimum atomic E-state index is -1.01. The lowest BCUT2D eigenvalue weighted by Crippen LogP contribution is -2.50. The van der Waals surface area contributed by atoms with Crippen molar-refractivity contribution in [3.05, 3.63) is 0 Å². The number of rotatable bonds is 7. The van der Waals surface area contributed by atoms with Gasteiger partial charge in [-0.1, -0.05) is 0 Å². The Balaban J connectivity index is 1.80.